The van der Waals surface area contributed by atoms with Gasteiger partial charge in [-0.05, 0) is 39.3 Å². The molecule has 1 saturated heterocycles. The van der Waals surface area contributed by atoms with Crippen LogP contribution in [0.1, 0.15) is 33.6 Å². The molecule has 5 nitrogen and oxygen atoms in total. The van der Waals surface area contributed by atoms with E-state index in [1.165, 1.54) is 0 Å². The largest absolute Gasteiger partial charge is 0.460 e. The fourth-order valence-corrected chi connectivity index (χ4v) is 2.48. The van der Waals surface area contributed by atoms with Crippen LogP contribution in [0, 0.1) is 5.92 Å². The molecular weight excluding hydrogens is 254 g/mol. The SMILES string of the molecule is CC(C)(C)OC(=O)[C@H]1CCN(c2ccccn2)[C@H]([NH3+])C1. The van der Waals surface area contributed by atoms with E-state index < -0.39 is 5.60 Å². The Morgan fingerprint density at radius 3 is 2.75 bits per heavy atom. The van der Waals surface area contributed by atoms with Crippen molar-refractivity contribution in [2.45, 2.75) is 45.4 Å². The second-order valence-corrected chi connectivity index (χ2v) is 6.29. The molecule has 3 N–H and O–H groups in total. The molecule has 0 radical (unpaired) electrons. The minimum Gasteiger partial charge on any atom is -0.460 e. The number of rotatable bonds is 2. The van der Waals surface area contributed by atoms with Gasteiger partial charge in [-0.2, -0.15) is 0 Å². The van der Waals surface area contributed by atoms with Gasteiger partial charge in [0.2, 0.25) is 0 Å². The standard InChI is InChI=1S/C15H23N3O2/c1-15(2,3)20-14(19)11-7-9-18(12(16)10-11)13-6-4-5-8-17-13/h4-6,8,11-12H,7,9-10,16H2,1-3H3/p+1/t11-,12-/m0/s1. The Labute approximate surface area is 120 Å². The van der Waals surface area contributed by atoms with Crippen LogP contribution in [-0.2, 0) is 9.53 Å². The van der Waals surface area contributed by atoms with Crippen molar-refractivity contribution >= 4 is 11.8 Å². The number of carbonyl (C=O) groups excluding carboxylic acids is 1. The monoisotopic (exact) mass is 278 g/mol. The normalized spacial score (nSPS) is 23.5. The fraction of sp³-hybridized carbons (Fsp3) is 0.600. The molecule has 0 bridgehead atoms. The smallest absolute Gasteiger partial charge is 0.309 e. The summed E-state index contributed by atoms with van der Waals surface area (Å²) in [6.45, 7) is 6.48. The van der Waals surface area contributed by atoms with Crippen LogP contribution in [0.3, 0.4) is 0 Å². The molecule has 2 atom stereocenters. The molecule has 1 aromatic rings. The number of esters is 1. The van der Waals surface area contributed by atoms with E-state index in [9.17, 15) is 4.79 Å². The third-order valence-corrected chi connectivity index (χ3v) is 3.40. The number of carbonyl (C=O) groups is 1. The van der Waals surface area contributed by atoms with Gasteiger partial charge in [0.15, 0.2) is 6.17 Å². The first-order chi connectivity index (χ1) is 9.37. The molecule has 2 heterocycles. The molecule has 1 aliphatic rings. The van der Waals surface area contributed by atoms with Crippen LogP contribution in [0.25, 0.3) is 0 Å². The van der Waals surface area contributed by atoms with Gasteiger partial charge in [0.05, 0.1) is 5.92 Å². The number of anilines is 1. The third-order valence-electron chi connectivity index (χ3n) is 3.40. The van der Waals surface area contributed by atoms with Crippen LogP contribution in [0.15, 0.2) is 24.4 Å². The number of piperidine rings is 1. The van der Waals surface area contributed by atoms with E-state index in [2.05, 4.69) is 15.6 Å². The quantitative estimate of drug-likeness (QED) is 0.825. The third kappa shape index (κ3) is 3.70. The first kappa shape index (κ1) is 14.8. The van der Waals surface area contributed by atoms with Crippen molar-refractivity contribution in [3.8, 4) is 0 Å². The lowest BCUT2D eigenvalue weighted by Crippen LogP contribution is -2.72. The lowest BCUT2D eigenvalue weighted by Gasteiger charge is -2.35. The summed E-state index contributed by atoms with van der Waals surface area (Å²) in [4.78, 5) is 18.6. The molecule has 1 aliphatic heterocycles. The Morgan fingerprint density at radius 1 is 1.45 bits per heavy atom. The Morgan fingerprint density at radius 2 is 2.20 bits per heavy atom. The van der Waals surface area contributed by atoms with Crippen LogP contribution < -0.4 is 10.6 Å². The molecule has 1 fully saturated rings. The maximum Gasteiger partial charge on any atom is 0.309 e. The number of ether oxygens (including phenoxy) is 1. The van der Waals surface area contributed by atoms with E-state index >= 15 is 0 Å². The van der Waals surface area contributed by atoms with Crippen LogP contribution in [0.4, 0.5) is 5.82 Å². The Balaban J connectivity index is 1.97. The number of pyridine rings is 1. The highest BCUT2D eigenvalue weighted by Gasteiger charge is 2.35. The van der Waals surface area contributed by atoms with Gasteiger partial charge in [-0.25, -0.2) is 4.98 Å². The van der Waals surface area contributed by atoms with Crippen molar-refractivity contribution in [3.63, 3.8) is 0 Å². The van der Waals surface area contributed by atoms with Crippen LogP contribution >= 0.6 is 0 Å². The zero-order chi connectivity index (χ0) is 14.8. The number of quaternary nitrogens is 1. The van der Waals surface area contributed by atoms with E-state index in [4.69, 9.17) is 4.74 Å². The highest BCUT2D eigenvalue weighted by Crippen LogP contribution is 2.26. The average Bonchev–Trinajstić information content (AvgIpc) is 2.37. The van der Waals surface area contributed by atoms with Gasteiger partial charge in [-0.3, -0.25) is 4.79 Å². The molecule has 0 spiro atoms. The molecule has 0 aromatic carbocycles. The highest BCUT2D eigenvalue weighted by molar-refractivity contribution is 5.73. The predicted octanol–water partition coefficient (Wildman–Crippen LogP) is 1.21. The molecule has 5 heteroatoms. The molecule has 1 aromatic heterocycles. The molecule has 0 amide bonds. The lowest BCUT2D eigenvalue weighted by atomic mass is 9.94. The minimum atomic E-state index is -0.425. The van der Waals surface area contributed by atoms with Crippen molar-refractivity contribution in [3.05, 3.63) is 24.4 Å². The van der Waals surface area contributed by atoms with Crippen LogP contribution in [-0.4, -0.2) is 29.3 Å². The summed E-state index contributed by atoms with van der Waals surface area (Å²) in [5.41, 5.74) is 3.74. The summed E-state index contributed by atoms with van der Waals surface area (Å²) >= 11 is 0. The summed E-state index contributed by atoms with van der Waals surface area (Å²) in [5, 5.41) is 0. The van der Waals surface area contributed by atoms with Crippen molar-refractivity contribution in [1.82, 2.24) is 4.98 Å². The molecule has 20 heavy (non-hydrogen) atoms. The van der Waals surface area contributed by atoms with Gasteiger partial charge < -0.3 is 15.4 Å². The number of hydrogen-bond acceptors (Lipinski definition) is 4. The molecule has 0 saturated carbocycles. The Kier molecular flexibility index (Phi) is 4.28. The van der Waals surface area contributed by atoms with Gasteiger partial charge in [-0.1, -0.05) is 6.07 Å². The van der Waals surface area contributed by atoms with E-state index in [-0.39, 0.29) is 18.1 Å². The molecule has 110 valence electrons. The van der Waals surface area contributed by atoms with Gasteiger partial charge in [-0.15, -0.1) is 0 Å². The van der Waals surface area contributed by atoms with Gasteiger partial charge in [0.25, 0.3) is 0 Å². The summed E-state index contributed by atoms with van der Waals surface area (Å²) in [6.07, 6.45) is 3.33. The van der Waals surface area contributed by atoms with Crippen LogP contribution in [0.5, 0.6) is 0 Å². The average molecular weight is 278 g/mol. The van der Waals surface area contributed by atoms with Crippen molar-refractivity contribution in [1.29, 1.82) is 0 Å². The van der Waals surface area contributed by atoms with Gasteiger partial charge in [0.1, 0.15) is 11.4 Å². The van der Waals surface area contributed by atoms with E-state index in [1.54, 1.807) is 6.20 Å². The first-order valence-electron chi connectivity index (χ1n) is 7.10. The maximum atomic E-state index is 12.1. The van der Waals surface area contributed by atoms with Crippen LogP contribution in [0.2, 0.25) is 0 Å². The summed E-state index contributed by atoms with van der Waals surface area (Å²) in [7, 11) is 0. The van der Waals surface area contributed by atoms with E-state index in [0.29, 0.717) is 6.42 Å². The topological polar surface area (TPSA) is 70.1 Å². The lowest BCUT2D eigenvalue weighted by molar-refractivity contribution is -0.424. The number of nitrogens with zero attached hydrogens (tertiary/aromatic N) is 2. The minimum absolute atomic E-state index is 0.0520. The molecule has 0 unspecified atom stereocenters. The van der Waals surface area contributed by atoms with Crippen molar-refractivity contribution in [2.24, 2.45) is 5.92 Å². The summed E-state index contributed by atoms with van der Waals surface area (Å²) in [6, 6.07) is 5.84. The van der Waals surface area contributed by atoms with Crippen molar-refractivity contribution < 1.29 is 15.3 Å². The Hall–Kier alpha value is -1.62. The second-order valence-electron chi connectivity index (χ2n) is 6.29. The predicted molar refractivity (Wildman–Crippen MR) is 76.8 cm³/mol. The summed E-state index contributed by atoms with van der Waals surface area (Å²) in [5.74, 6) is 0.763. The second kappa shape index (κ2) is 5.79. The molecule has 2 rings (SSSR count). The summed E-state index contributed by atoms with van der Waals surface area (Å²) < 4.78 is 5.47. The number of hydrogen-bond donors (Lipinski definition) is 1. The molecule has 0 aliphatic carbocycles. The highest BCUT2D eigenvalue weighted by atomic mass is 16.6. The fourth-order valence-electron chi connectivity index (χ4n) is 2.48. The van der Waals surface area contributed by atoms with E-state index in [0.717, 1.165) is 18.8 Å². The maximum absolute atomic E-state index is 12.1. The van der Waals surface area contributed by atoms with Gasteiger partial charge in [0, 0.05) is 19.2 Å². The molecular formula is C15H24N3O2+. The zero-order valence-electron chi connectivity index (χ0n) is 12.5. The number of aromatic nitrogens is 1. The Bertz CT molecular complexity index is 456. The van der Waals surface area contributed by atoms with E-state index in [1.807, 2.05) is 39.0 Å². The van der Waals surface area contributed by atoms with Crippen molar-refractivity contribution in [2.75, 3.05) is 11.4 Å². The first-order valence-corrected chi connectivity index (χ1v) is 7.10. The zero-order valence-corrected chi connectivity index (χ0v) is 12.5. The van der Waals surface area contributed by atoms with Gasteiger partial charge >= 0.3 is 5.97 Å².